The molecule has 0 fully saturated rings. The number of hydrazine groups is 1. The second-order valence-electron chi connectivity index (χ2n) is 7.69. The number of fused-ring (bicyclic) bond motifs is 1. The van der Waals surface area contributed by atoms with Crippen LogP contribution in [0.4, 0.5) is 5.82 Å². The van der Waals surface area contributed by atoms with Crippen LogP contribution in [0.2, 0.25) is 0 Å². The minimum Gasteiger partial charge on any atom is -0.492 e. The van der Waals surface area contributed by atoms with E-state index in [0.29, 0.717) is 30.4 Å². The van der Waals surface area contributed by atoms with E-state index in [1.54, 1.807) is 6.92 Å². The average Bonchev–Trinajstić information content (AvgIpc) is 3.54. The third-order valence-electron chi connectivity index (χ3n) is 5.35. The fraction of sp³-hybridized carbons (Fsp3) is 0.167. The number of aryl methyl sites for hydroxylation is 1. The number of carbonyl (C=O) groups is 2. The van der Waals surface area contributed by atoms with E-state index in [0.717, 1.165) is 41.9 Å². The highest BCUT2D eigenvalue weighted by Crippen LogP contribution is 2.42. The van der Waals surface area contributed by atoms with Gasteiger partial charge in [-0.3, -0.25) is 15.0 Å². The monoisotopic (exact) mass is 491 g/mol. The van der Waals surface area contributed by atoms with Crippen molar-refractivity contribution in [1.82, 2.24) is 15.0 Å². The first-order valence-electron chi connectivity index (χ1n) is 10.6. The molecule has 0 aliphatic carbocycles. The zero-order valence-electron chi connectivity index (χ0n) is 18.5. The first kappa shape index (κ1) is 22.2. The van der Waals surface area contributed by atoms with Crippen LogP contribution >= 0.6 is 22.7 Å². The van der Waals surface area contributed by atoms with Gasteiger partial charge in [0.05, 0.1) is 10.3 Å². The maximum absolute atomic E-state index is 12.5. The quantitative estimate of drug-likeness (QED) is 0.369. The smallest absolute Gasteiger partial charge is 0.275 e. The van der Waals surface area contributed by atoms with Crippen molar-refractivity contribution >= 4 is 50.5 Å². The Balaban J connectivity index is 1.61. The molecule has 0 unspecified atom stereocenters. The molecule has 8 nitrogen and oxygen atoms in total. The second kappa shape index (κ2) is 8.98. The van der Waals surface area contributed by atoms with Gasteiger partial charge >= 0.3 is 0 Å². The number of hydrogen-bond donors (Lipinski definition) is 2. The lowest BCUT2D eigenvalue weighted by molar-refractivity contribution is -0.135. The Hall–Kier alpha value is -3.60. The fourth-order valence-electron chi connectivity index (χ4n) is 3.69. The maximum atomic E-state index is 12.5. The molecule has 0 saturated heterocycles. The molecule has 5 rings (SSSR count). The average molecular weight is 492 g/mol. The summed E-state index contributed by atoms with van der Waals surface area (Å²) in [5.41, 5.74) is 10.8. The van der Waals surface area contributed by atoms with Crippen molar-refractivity contribution in [2.45, 2.75) is 13.8 Å². The molecule has 4 heterocycles. The van der Waals surface area contributed by atoms with Crippen LogP contribution in [0, 0.1) is 6.92 Å². The van der Waals surface area contributed by atoms with E-state index in [-0.39, 0.29) is 0 Å². The third kappa shape index (κ3) is 3.96. The van der Waals surface area contributed by atoms with Crippen molar-refractivity contribution in [2.24, 2.45) is 5.73 Å². The van der Waals surface area contributed by atoms with Crippen LogP contribution in [-0.4, -0.2) is 39.9 Å². The van der Waals surface area contributed by atoms with Crippen LogP contribution in [0.15, 0.2) is 53.4 Å². The van der Waals surface area contributed by atoms with Gasteiger partial charge in [-0.2, -0.15) is 5.01 Å². The van der Waals surface area contributed by atoms with E-state index in [2.05, 4.69) is 5.43 Å². The van der Waals surface area contributed by atoms with Crippen molar-refractivity contribution in [3.05, 3.63) is 59.0 Å². The number of hydrogen-bond acceptors (Lipinski definition) is 9. The van der Waals surface area contributed by atoms with Gasteiger partial charge in [0, 0.05) is 23.1 Å². The summed E-state index contributed by atoms with van der Waals surface area (Å²) in [6.45, 7) is 4.52. The number of nitrogens with two attached hydrogens (primary N) is 1. The lowest BCUT2D eigenvalue weighted by Gasteiger charge is -2.17. The summed E-state index contributed by atoms with van der Waals surface area (Å²) < 4.78 is 5.59. The maximum Gasteiger partial charge on any atom is 0.275 e. The van der Waals surface area contributed by atoms with Crippen LogP contribution in [0.3, 0.4) is 0 Å². The van der Waals surface area contributed by atoms with Gasteiger partial charge in [-0.05, 0) is 60.7 Å². The fourth-order valence-corrected chi connectivity index (χ4v) is 5.53. The van der Waals surface area contributed by atoms with E-state index < -0.39 is 11.8 Å². The van der Waals surface area contributed by atoms with Gasteiger partial charge in [-0.15, -0.1) is 22.7 Å². The number of anilines is 1. The van der Waals surface area contributed by atoms with Gasteiger partial charge in [0.15, 0.2) is 11.6 Å². The highest BCUT2D eigenvalue weighted by molar-refractivity contribution is 7.22. The normalized spacial score (nSPS) is 13.6. The minimum atomic E-state index is -0.423. The summed E-state index contributed by atoms with van der Waals surface area (Å²) in [6.07, 6.45) is 1.31. The Morgan fingerprint density at radius 1 is 1.12 bits per heavy atom. The summed E-state index contributed by atoms with van der Waals surface area (Å²) in [7, 11) is 0. The molecule has 172 valence electrons. The molecule has 2 amide bonds. The first-order chi connectivity index (χ1) is 16.5. The molecule has 0 saturated carbocycles. The van der Waals surface area contributed by atoms with E-state index in [1.807, 2.05) is 48.7 Å². The molecule has 0 radical (unpaired) electrons. The molecule has 3 N–H and O–H groups in total. The largest absolute Gasteiger partial charge is 0.492 e. The van der Waals surface area contributed by atoms with Gasteiger partial charge in [0.1, 0.15) is 17.2 Å². The number of thiophene rings is 2. The van der Waals surface area contributed by atoms with Gasteiger partial charge in [0.2, 0.25) is 0 Å². The summed E-state index contributed by atoms with van der Waals surface area (Å²) in [4.78, 5) is 37.1. The Kier molecular flexibility index (Phi) is 5.86. The van der Waals surface area contributed by atoms with Crippen LogP contribution in [0.5, 0.6) is 5.75 Å². The number of nitrogens with zero attached hydrogens (tertiary/aromatic N) is 3. The van der Waals surface area contributed by atoms with Gasteiger partial charge in [-0.1, -0.05) is 6.07 Å². The minimum absolute atomic E-state index is 0.376. The summed E-state index contributed by atoms with van der Waals surface area (Å²) in [6, 6.07) is 11.7. The van der Waals surface area contributed by atoms with E-state index in [4.69, 9.17) is 20.4 Å². The zero-order valence-corrected chi connectivity index (χ0v) is 20.1. The highest BCUT2D eigenvalue weighted by Gasteiger charge is 2.30. The van der Waals surface area contributed by atoms with Crippen LogP contribution in [-0.2, 0) is 9.59 Å². The Bertz CT molecular complexity index is 1430. The summed E-state index contributed by atoms with van der Waals surface area (Å²) >= 11 is 3.06. The molecule has 1 aromatic carbocycles. The summed E-state index contributed by atoms with van der Waals surface area (Å²) in [5, 5.41) is 3.72. The lowest BCUT2D eigenvalue weighted by atomic mass is 10.1. The molecule has 10 heteroatoms. The lowest BCUT2D eigenvalue weighted by Crippen LogP contribution is -2.36. The Morgan fingerprint density at radius 3 is 2.56 bits per heavy atom. The first-order valence-corrected chi connectivity index (χ1v) is 12.3. The number of carbonyl (C=O) groups excluding carboxylic acids is 2. The molecule has 0 atom stereocenters. The SMILES string of the molecule is CC1=CC(=O)N(Nc2nc(-c3cccs3)nc3sc(-c4ccc(OCCN)cc4)c(C)c23)C1=O. The standard InChI is InChI=1S/C24H21N5O3S2/c1-13-12-18(30)29(24(13)31)28-22-19-14(2)20(15-5-7-16(8-6-15)32-10-9-25)34-23(19)27-21(26-22)17-4-3-11-33-17/h3-8,11-12H,9-10,25H2,1-2H3,(H,26,27,28). The number of nitrogens with one attached hydrogen (secondary N) is 1. The zero-order chi connectivity index (χ0) is 23.8. The number of rotatable bonds is 7. The predicted octanol–water partition coefficient (Wildman–Crippen LogP) is 4.37. The van der Waals surface area contributed by atoms with Crippen molar-refractivity contribution < 1.29 is 14.3 Å². The summed E-state index contributed by atoms with van der Waals surface area (Å²) in [5.74, 6) is 0.890. The molecule has 34 heavy (non-hydrogen) atoms. The van der Waals surface area contributed by atoms with Crippen LogP contribution in [0.1, 0.15) is 12.5 Å². The van der Waals surface area contributed by atoms with Crippen LogP contribution < -0.4 is 15.9 Å². The number of aromatic nitrogens is 2. The molecule has 0 spiro atoms. The van der Waals surface area contributed by atoms with Crippen molar-refractivity contribution in [3.8, 4) is 26.9 Å². The number of imide groups is 1. The van der Waals surface area contributed by atoms with E-state index in [9.17, 15) is 9.59 Å². The molecule has 1 aliphatic rings. The van der Waals surface area contributed by atoms with Crippen molar-refractivity contribution in [3.63, 3.8) is 0 Å². The van der Waals surface area contributed by atoms with Crippen LogP contribution in [0.25, 0.3) is 31.4 Å². The topological polar surface area (TPSA) is 110 Å². The van der Waals surface area contributed by atoms with Crippen molar-refractivity contribution in [1.29, 1.82) is 0 Å². The number of benzene rings is 1. The van der Waals surface area contributed by atoms with Crippen molar-refractivity contribution in [2.75, 3.05) is 18.6 Å². The number of amides is 2. The molecule has 4 aromatic rings. The Labute approximate surface area is 203 Å². The highest BCUT2D eigenvalue weighted by atomic mass is 32.1. The van der Waals surface area contributed by atoms with E-state index >= 15 is 0 Å². The Morgan fingerprint density at radius 2 is 1.91 bits per heavy atom. The van der Waals surface area contributed by atoms with E-state index in [1.165, 1.54) is 28.7 Å². The van der Waals surface area contributed by atoms with Gasteiger partial charge in [-0.25, -0.2) is 9.97 Å². The molecule has 1 aliphatic heterocycles. The second-order valence-corrected chi connectivity index (χ2v) is 9.64. The van der Waals surface area contributed by atoms with Gasteiger partial charge < -0.3 is 10.5 Å². The van der Waals surface area contributed by atoms with Gasteiger partial charge in [0.25, 0.3) is 11.8 Å². The number of ether oxygens (including phenoxy) is 1. The molecule has 0 bridgehead atoms. The molecular weight excluding hydrogens is 470 g/mol. The molecule has 3 aromatic heterocycles. The predicted molar refractivity (Wildman–Crippen MR) is 135 cm³/mol. The molecular formula is C24H21N5O3S2. The third-order valence-corrected chi connectivity index (χ3v) is 7.45.